The summed E-state index contributed by atoms with van der Waals surface area (Å²) in [5.74, 6) is 0.140. The van der Waals surface area contributed by atoms with Crippen molar-refractivity contribution in [1.29, 1.82) is 0 Å². The van der Waals surface area contributed by atoms with Gasteiger partial charge in [0.25, 0.3) is 0 Å². The Bertz CT molecular complexity index is 361. The van der Waals surface area contributed by atoms with Crippen molar-refractivity contribution in [2.75, 3.05) is 6.54 Å². The number of nitrogens with one attached hydrogen (secondary N) is 1. The summed E-state index contributed by atoms with van der Waals surface area (Å²) in [6.45, 7) is 3.08. The Morgan fingerprint density at radius 3 is 2.05 bits per heavy atom. The topological polar surface area (TPSA) is 29.1 Å². The van der Waals surface area contributed by atoms with E-state index in [1.54, 1.807) is 0 Å². The third-order valence-electron chi connectivity index (χ3n) is 3.81. The molecule has 0 radical (unpaired) electrons. The van der Waals surface area contributed by atoms with Gasteiger partial charge in [0.15, 0.2) is 0 Å². The van der Waals surface area contributed by atoms with Gasteiger partial charge >= 0.3 is 0 Å². The maximum Gasteiger partial charge on any atom is 0.224 e. The van der Waals surface area contributed by atoms with E-state index in [0.29, 0.717) is 6.42 Å². The molecule has 0 heterocycles. The first-order valence-electron chi connectivity index (χ1n) is 8.63. The van der Waals surface area contributed by atoms with E-state index < -0.39 is 0 Å². The number of hydrogen-bond donors (Lipinski definition) is 1. The van der Waals surface area contributed by atoms with Gasteiger partial charge in [-0.25, -0.2) is 0 Å². The quantitative estimate of drug-likeness (QED) is 0.546. The second-order valence-corrected chi connectivity index (χ2v) is 5.84. The van der Waals surface area contributed by atoms with Crippen LogP contribution in [0.15, 0.2) is 30.3 Å². The summed E-state index contributed by atoms with van der Waals surface area (Å²) in [6.07, 6.45) is 12.4. The molecule has 0 aliphatic rings. The maximum absolute atomic E-state index is 11.7. The van der Waals surface area contributed by atoms with E-state index in [2.05, 4.69) is 12.2 Å². The minimum atomic E-state index is 0.140. The zero-order valence-electron chi connectivity index (χ0n) is 13.6. The summed E-state index contributed by atoms with van der Waals surface area (Å²) in [5, 5.41) is 3.01. The fraction of sp³-hybridized carbons (Fsp3) is 0.632. The van der Waals surface area contributed by atoms with E-state index in [1.807, 2.05) is 30.3 Å². The van der Waals surface area contributed by atoms with Crippen LogP contribution in [0.5, 0.6) is 0 Å². The fourth-order valence-electron chi connectivity index (χ4n) is 2.51. The van der Waals surface area contributed by atoms with Crippen LogP contribution in [-0.4, -0.2) is 12.5 Å². The number of amides is 1. The Morgan fingerprint density at radius 2 is 1.43 bits per heavy atom. The number of unbranched alkanes of at least 4 members (excludes halogenated alkanes) is 8. The lowest BCUT2D eigenvalue weighted by Gasteiger charge is -2.05. The standard InChI is InChI=1S/C19H31NO/c1-2-3-4-5-6-7-8-9-13-16-20-19(21)17-18-14-11-10-12-15-18/h10-12,14-15H,2-9,13,16-17H2,1H3,(H,20,21). The molecule has 0 atom stereocenters. The molecule has 2 heteroatoms. The third kappa shape index (κ3) is 10.1. The molecule has 1 aromatic carbocycles. The second-order valence-electron chi connectivity index (χ2n) is 5.84. The smallest absolute Gasteiger partial charge is 0.224 e. The van der Waals surface area contributed by atoms with Crippen LogP contribution in [-0.2, 0) is 11.2 Å². The molecule has 1 amide bonds. The highest BCUT2D eigenvalue weighted by Gasteiger charge is 2.01. The molecule has 118 valence electrons. The summed E-state index contributed by atoms with van der Waals surface area (Å²) >= 11 is 0. The Labute approximate surface area is 130 Å². The normalized spacial score (nSPS) is 10.5. The molecular formula is C19H31NO. The molecule has 1 rings (SSSR count). The van der Waals surface area contributed by atoms with Crippen LogP contribution in [0.2, 0.25) is 0 Å². The van der Waals surface area contributed by atoms with Crippen molar-refractivity contribution in [2.24, 2.45) is 0 Å². The highest BCUT2D eigenvalue weighted by molar-refractivity contribution is 5.78. The number of rotatable bonds is 12. The first-order chi connectivity index (χ1) is 10.3. The average Bonchev–Trinajstić information content (AvgIpc) is 2.50. The maximum atomic E-state index is 11.7. The summed E-state index contributed by atoms with van der Waals surface area (Å²) in [6, 6.07) is 9.92. The van der Waals surface area contributed by atoms with Crippen molar-refractivity contribution < 1.29 is 4.79 Å². The van der Waals surface area contributed by atoms with E-state index in [0.717, 1.165) is 18.5 Å². The molecule has 2 nitrogen and oxygen atoms in total. The molecule has 0 aromatic heterocycles. The van der Waals surface area contributed by atoms with Gasteiger partial charge in [0.2, 0.25) is 5.91 Å². The highest BCUT2D eigenvalue weighted by Crippen LogP contribution is 2.09. The van der Waals surface area contributed by atoms with Crippen LogP contribution in [0.1, 0.15) is 70.3 Å². The molecule has 1 N–H and O–H groups in total. The van der Waals surface area contributed by atoms with Crippen molar-refractivity contribution in [2.45, 2.75) is 71.1 Å². The number of carbonyl (C=O) groups is 1. The zero-order chi connectivity index (χ0) is 15.2. The molecule has 0 saturated carbocycles. The molecule has 0 aliphatic heterocycles. The van der Waals surface area contributed by atoms with Crippen LogP contribution in [0.3, 0.4) is 0 Å². The first kappa shape index (κ1) is 17.7. The first-order valence-corrected chi connectivity index (χ1v) is 8.63. The molecule has 0 aliphatic carbocycles. The van der Waals surface area contributed by atoms with Gasteiger partial charge in [-0.2, -0.15) is 0 Å². The molecule has 0 saturated heterocycles. The van der Waals surface area contributed by atoms with Crippen LogP contribution in [0.25, 0.3) is 0 Å². The summed E-state index contributed by atoms with van der Waals surface area (Å²) in [7, 11) is 0. The SMILES string of the molecule is CCCCCCCCCCCNC(=O)Cc1ccccc1. The molecule has 0 spiro atoms. The van der Waals surface area contributed by atoms with Crippen molar-refractivity contribution in [3.63, 3.8) is 0 Å². The summed E-state index contributed by atoms with van der Waals surface area (Å²) < 4.78 is 0. The number of carbonyl (C=O) groups excluding carboxylic acids is 1. The van der Waals surface area contributed by atoms with Crippen LogP contribution in [0.4, 0.5) is 0 Å². The minimum absolute atomic E-state index is 0.140. The van der Waals surface area contributed by atoms with Gasteiger partial charge in [-0.05, 0) is 12.0 Å². The van der Waals surface area contributed by atoms with Gasteiger partial charge in [-0.1, -0.05) is 88.6 Å². The molecule has 0 bridgehead atoms. The molecule has 21 heavy (non-hydrogen) atoms. The van der Waals surface area contributed by atoms with Gasteiger partial charge < -0.3 is 5.32 Å². The Hall–Kier alpha value is -1.31. The van der Waals surface area contributed by atoms with Gasteiger partial charge in [0, 0.05) is 6.54 Å². The Balaban J connectivity index is 1.89. The fourth-order valence-corrected chi connectivity index (χ4v) is 2.51. The molecule has 1 aromatic rings. The zero-order valence-corrected chi connectivity index (χ0v) is 13.6. The van der Waals surface area contributed by atoms with Gasteiger partial charge in [0.05, 0.1) is 6.42 Å². The summed E-state index contributed by atoms with van der Waals surface area (Å²) in [5.41, 5.74) is 1.09. The van der Waals surface area contributed by atoms with Crippen LogP contribution in [0, 0.1) is 0 Å². The van der Waals surface area contributed by atoms with Crippen LogP contribution >= 0.6 is 0 Å². The summed E-state index contributed by atoms with van der Waals surface area (Å²) in [4.78, 5) is 11.7. The Kier molecular flexibility index (Phi) is 10.5. The predicted molar refractivity (Wildman–Crippen MR) is 90.4 cm³/mol. The highest BCUT2D eigenvalue weighted by atomic mass is 16.1. The number of hydrogen-bond acceptors (Lipinski definition) is 1. The van der Waals surface area contributed by atoms with Crippen molar-refractivity contribution in [3.8, 4) is 0 Å². The average molecular weight is 289 g/mol. The van der Waals surface area contributed by atoms with Crippen molar-refractivity contribution >= 4 is 5.91 Å². The lowest BCUT2D eigenvalue weighted by Crippen LogP contribution is -2.26. The molecule has 0 unspecified atom stereocenters. The van der Waals surface area contributed by atoms with Gasteiger partial charge in [-0.3, -0.25) is 4.79 Å². The molecule has 0 fully saturated rings. The van der Waals surface area contributed by atoms with E-state index >= 15 is 0 Å². The number of benzene rings is 1. The lowest BCUT2D eigenvalue weighted by molar-refractivity contribution is -0.120. The third-order valence-corrected chi connectivity index (χ3v) is 3.81. The van der Waals surface area contributed by atoms with Crippen molar-refractivity contribution in [3.05, 3.63) is 35.9 Å². The monoisotopic (exact) mass is 289 g/mol. The predicted octanol–water partition coefficient (Wildman–Crippen LogP) is 4.88. The van der Waals surface area contributed by atoms with E-state index in [-0.39, 0.29) is 5.91 Å². The minimum Gasteiger partial charge on any atom is -0.356 e. The van der Waals surface area contributed by atoms with E-state index in [1.165, 1.54) is 51.4 Å². The second kappa shape index (κ2) is 12.4. The van der Waals surface area contributed by atoms with Gasteiger partial charge in [-0.15, -0.1) is 0 Å². The van der Waals surface area contributed by atoms with E-state index in [4.69, 9.17) is 0 Å². The van der Waals surface area contributed by atoms with Gasteiger partial charge in [0.1, 0.15) is 0 Å². The Morgan fingerprint density at radius 1 is 0.857 bits per heavy atom. The van der Waals surface area contributed by atoms with Crippen LogP contribution < -0.4 is 5.32 Å². The lowest BCUT2D eigenvalue weighted by atomic mass is 10.1. The largest absolute Gasteiger partial charge is 0.356 e. The van der Waals surface area contributed by atoms with Crippen molar-refractivity contribution in [1.82, 2.24) is 5.32 Å². The molecular weight excluding hydrogens is 258 g/mol. The van der Waals surface area contributed by atoms with E-state index in [9.17, 15) is 4.79 Å².